The molecule has 1 aromatic carbocycles. The Balaban J connectivity index is 1.96. The molecule has 6 nitrogen and oxygen atoms in total. The SMILES string of the molecule is CSc1nc(N2CCN(C(=O)OC(C)(C)C)CC2C)c2cc(Cl)c(Br)c(F)c2n1. The molecule has 10 heteroatoms. The average Bonchev–Trinajstić information content (AvgIpc) is 2.64. The van der Waals surface area contributed by atoms with Crippen molar-refractivity contribution in [2.24, 2.45) is 0 Å². The minimum Gasteiger partial charge on any atom is -0.444 e. The third kappa shape index (κ3) is 4.72. The zero-order valence-corrected chi connectivity index (χ0v) is 20.1. The van der Waals surface area contributed by atoms with Crippen LogP contribution in [0.15, 0.2) is 15.7 Å². The Morgan fingerprint density at radius 2 is 2.07 bits per heavy atom. The van der Waals surface area contributed by atoms with Crippen LogP contribution in [-0.4, -0.2) is 58.5 Å². The molecule has 0 aliphatic carbocycles. The zero-order chi connectivity index (χ0) is 21.5. The number of fused-ring (bicyclic) bond motifs is 1. The number of piperazine rings is 1. The highest BCUT2D eigenvalue weighted by Crippen LogP contribution is 2.37. The summed E-state index contributed by atoms with van der Waals surface area (Å²) >= 11 is 10.7. The highest BCUT2D eigenvalue weighted by atomic mass is 79.9. The molecule has 1 unspecified atom stereocenters. The van der Waals surface area contributed by atoms with Gasteiger partial charge in [0, 0.05) is 31.1 Å². The molecule has 158 valence electrons. The van der Waals surface area contributed by atoms with Gasteiger partial charge in [-0.05, 0) is 55.9 Å². The number of ether oxygens (including phenoxy) is 1. The third-order valence-corrected chi connectivity index (χ3v) is 6.37. The van der Waals surface area contributed by atoms with Crippen molar-refractivity contribution in [2.75, 3.05) is 30.8 Å². The van der Waals surface area contributed by atoms with E-state index < -0.39 is 11.4 Å². The molecule has 1 amide bonds. The third-order valence-electron chi connectivity index (χ3n) is 4.52. The van der Waals surface area contributed by atoms with Gasteiger partial charge in [-0.1, -0.05) is 23.4 Å². The van der Waals surface area contributed by atoms with Gasteiger partial charge in [0.05, 0.1) is 9.50 Å². The van der Waals surface area contributed by atoms with E-state index in [4.69, 9.17) is 16.3 Å². The van der Waals surface area contributed by atoms with E-state index in [1.807, 2.05) is 34.0 Å². The van der Waals surface area contributed by atoms with Gasteiger partial charge in [0.15, 0.2) is 11.0 Å². The van der Waals surface area contributed by atoms with Crippen LogP contribution in [0.5, 0.6) is 0 Å². The molecule has 1 saturated heterocycles. The molecular formula is C19H23BrClFN4O2S. The quantitative estimate of drug-likeness (QED) is 0.311. The summed E-state index contributed by atoms with van der Waals surface area (Å²) < 4.78 is 20.5. The Hall–Kier alpha value is -1.32. The van der Waals surface area contributed by atoms with Gasteiger partial charge in [0.2, 0.25) is 0 Å². The second kappa shape index (κ2) is 8.43. The minimum absolute atomic E-state index is 0.0467. The molecule has 0 bridgehead atoms. The molecular weight excluding hydrogens is 483 g/mol. The monoisotopic (exact) mass is 504 g/mol. The van der Waals surface area contributed by atoms with Crippen LogP contribution < -0.4 is 4.90 Å². The molecule has 0 N–H and O–H groups in total. The van der Waals surface area contributed by atoms with Crippen LogP contribution in [0.1, 0.15) is 27.7 Å². The fourth-order valence-electron chi connectivity index (χ4n) is 3.21. The van der Waals surface area contributed by atoms with Crippen LogP contribution in [0, 0.1) is 5.82 Å². The number of aromatic nitrogens is 2. The largest absolute Gasteiger partial charge is 0.444 e. The van der Waals surface area contributed by atoms with E-state index in [0.717, 1.165) is 0 Å². The Morgan fingerprint density at radius 3 is 2.66 bits per heavy atom. The van der Waals surface area contributed by atoms with Crippen molar-refractivity contribution in [3.05, 3.63) is 21.4 Å². The number of thioether (sulfide) groups is 1. The van der Waals surface area contributed by atoms with Crippen LogP contribution >= 0.6 is 39.3 Å². The topological polar surface area (TPSA) is 58.6 Å². The minimum atomic E-state index is -0.546. The molecule has 1 aliphatic rings. The first-order valence-electron chi connectivity index (χ1n) is 9.15. The van der Waals surface area contributed by atoms with Crippen molar-refractivity contribution in [1.29, 1.82) is 0 Å². The molecule has 29 heavy (non-hydrogen) atoms. The zero-order valence-electron chi connectivity index (χ0n) is 16.9. The maximum absolute atomic E-state index is 14.8. The summed E-state index contributed by atoms with van der Waals surface area (Å²) in [6.07, 6.45) is 1.51. The Bertz CT molecular complexity index is 956. The van der Waals surface area contributed by atoms with Gasteiger partial charge in [0.25, 0.3) is 0 Å². The summed E-state index contributed by atoms with van der Waals surface area (Å²) in [5, 5.41) is 1.28. The maximum Gasteiger partial charge on any atom is 0.410 e. The molecule has 1 fully saturated rings. The molecule has 2 aromatic rings. The number of carbonyl (C=O) groups excluding carboxylic acids is 1. The van der Waals surface area contributed by atoms with Crippen molar-refractivity contribution >= 4 is 62.1 Å². The van der Waals surface area contributed by atoms with Crippen molar-refractivity contribution in [2.45, 2.75) is 44.5 Å². The van der Waals surface area contributed by atoms with E-state index >= 15 is 0 Å². The highest BCUT2D eigenvalue weighted by molar-refractivity contribution is 9.10. The summed E-state index contributed by atoms with van der Waals surface area (Å²) in [6.45, 7) is 9.03. The summed E-state index contributed by atoms with van der Waals surface area (Å²) in [6, 6.07) is 1.63. The normalized spacial score (nSPS) is 17.7. The van der Waals surface area contributed by atoms with Gasteiger partial charge >= 0.3 is 6.09 Å². The lowest BCUT2D eigenvalue weighted by Gasteiger charge is -2.41. The first-order chi connectivity index (χ1) is 13.5. The van der Waals surface area contributed by atoms with Crippen molar-refractivity contribution < 1.29 is 13.9 Å². The molecule has 1 atom stereocenters. The molecule has 1 aromatic heterocycles. The first-order valence-corrected chi connectivity index (χ1v) is 11.5. The second-order valence-corrected chi connectivity index (χ2v) is 9.86. The standard InChI is InChI=1S/C19H23BrClFN4O2S/c1-10-9-25(18(27)28-19(2,3)4)6-7-26(10)16-11-8-12(21)13(20)14(22)15(11)23-17(24-16)29-5/h8,10H,6-7,9H2,1-5H3. The van der Waals surface area contributed by atoms with Crippen LogP contribution in [0.3, 0.4) is 0 Å². The fraction of sp³-hybridized carbons (Fsp3) is 0.526. The lowest BCUT2D eigenvalue weighted by atomic mass is 10.1. The van der Waals surface area contributed by atoms with E-state index in [2.05, 4.69) is 30.8 Å². The van der Waals surface area contributed by atoms with Crippen molar-refractivity contribution in [1.82, 2.24) is 14.9 Å². The summed E-state index contributed by atoms with van der Waals surface area (Å²) in [4.78, 5) is 25.2. The van der Waals surface area contributed by atoms with Crippen molar-refractivity contribution in [3.8, 4) is 0 Å². The van der Waals surface area contributed by atoms with E-state index in [-0.39, 0.29) is 27.1 Å². The van der Waals surface area contributed by atoms with Gasteiger partial charge in [0.1, 0.15) is 16.9 Å². The molecule has 0 saturated carbocycles. The molecule has 0 spiro atoms. The van der Waals surface area contributed by atoms with Gasteiger partial charge in [-0.2, -0.15) is 0 Å². The number of nitrogens with zero attached hydrogens (tertiary/aromatic N) is 4. The van der Waals surface area contributed by atoms with E-state index in [1.165, 1.54) is 11.8 Å². The van der Waals surface area contributed by atoms with Gasteiger partial charge in [-0.15, -0.1) is 0 Å². The Morgan fingerprint density at radius 1 is 1.38 bits per heavy atom. The summed E-state index contributed by atoms with van der Waals surface area (Å²) in [5.74, 6) is 0.107. The number of halogens is 3. The van der Waals surface area contributed by atoms with E-state index in [0.29, 0.717) is 36.0 Å². The number of hydrogen-bond acceptors (Lipinski definition) is 6. The smallest absolute Gasteiger partial charge is 0.410 e. The van der Waals surface area contributed by atoms with E-state index in [1.54, 1.807) is 11.0 Å². The van der Waals surface area contributed by atoms with Crippen LogP contribution in [0.2, 0.25) is 5.02 Å². The second-order valence-electron chi connectivity index (χ2n) is 7.89. The summed E-state index contributed by atoms with van der Waals surface area (Å²) in [7, 11) is 0. The lowest BCUT2D eigenvalue weighted by Crippen LogP contribution is -2.55. The molecule has 3 rings (SSSR count). The van der Waals surface area contributed by atoms with Crippen molar-refractivity contribution in [3.63, 3.8) is 0 Å². The van der Waals surface area contributed by atoms with Crippen LogP contribution in [0.25, 0.3) is 10.9 Å². The Kier molecular flexibility index (Phi) is 6.50. The molecule has 2 heterocycles. The maximum atomic E-state index is 14.8. The van der Waals surface area contributed by atoms with Gasteiger partial charge in [-0.25, -0.2) is 19.2 Å². The predicted molar refractivity (Wildman–Crippen MR) is 119 cm³/mol. The molecule has 0 radical (unpaired) electrons. The number of rotatable bonds is 2. The number of hydrogen-bond donors (Lipinski definition) is 0. The van der Waals surface area contributed by atoms with E-state index in [9.17, 15) is 9.18 Å². The number of benzene rings is 1. The number of amides is 1. The van der Waals surface area contributed by atoms with Gasteiger partial charge in [-0.3, -0.25) is 0 Å². The number of carbonyl (C=O) groups is 1. The molecule has 1 aliphatic heterocycles. The fourth-order valence-corrected chi connectivity index (χ4v) is 4.07. The lowest BCUT2D eigenvalue weighted by molar-refractivity contribution is 0.0218. The predicted octanol–water partition coefficient (Wildman–Crippen LogP) is 5.35. The first kappa shape index (κ1) is 22.4. The Labute approximate surface area is 187 Å². The summed E-state index contributed by atoms with van der Waals surface area (Å²) in [5.41, 5.74) is -0.327. The van der Waals surface area contributed by atoms with Crippen LogP contribution in [0.4, 0.5) is 15.0 Å². The van der Waals surface area contributed by atoms with Gasteiger partial charge < -0.3 is 14.5 Å². The highest BCUT2D eigenvalue weighted by Gasteiger charge is 2.32. The van der Waals surface area contributed by atoms with Crippen LogP contribution in [-0.2, 0) is 4.74 Å². The number of anilines is 1. The average molecular weight is 506 g/mol.